The van der Waals surface area contributed by atoms with Crippen molar-refractivity contribution in [3.8, 4) is 0 Å². The van der Waals surface area contributed by atoms with Gasteiger partial charge < -0.3 is 10.1 Å². The summed E-state index contributed by atoms with van der Waals surface area (Å²) < 4.78 is 19.4. The molecule has 25 heavy (non-hydrogen) atoms. The van der Waals surface area contributed by atoms with Gasteiger partial charge in [0.1, 0.15) is 5.82 Å². The first-order chi connectivity index (χ1) is 12.1. The Hall–Kier alpha value is -0.820. The van der Waals surface area contributed by atoms with Crippen LogP contribution in [-0.4, -0.2) is 60.7 Å². The molecule has 2 aliphatic rings. The predicted octanol–water partition coefficient (Wildman–Crippen LogP) is 2.74. The molecule has 7 heteroatoms. The molecule has 0 aromatic heterocycles. The third-order valence-electron chi connectivity index (χ3n) is 5.12. The van der Waals surface area contributed by atoms with E-state index in [1.165, 1.54) is 6.07 Å². The van der Waals surface area contributed by atoms with Crippen LogP contribution in [0.5, 0.6) is 0 Å². The van der Waals surface area contributed by atoms with Crippen LogP contribution in [0, 0.1) is 5.82 Å². The fraction of sp³-hybridized carbons (Fsp3) is 0.611. The van der Waals surface area contributed by atoms with E-state index in [2.05, 4.69) is 10.2 Å². The van der Waals surface area contributed by atoms with Gasteiger partial charge in [0.15, 0.2) is 0 Å². The zero-order chi connectivity index (χ0) is 17.7. The maximum absolute atomic E-state index is 13.9. The van der Waals surface area contributed by atoms with Gasteiger partial charge in [-0.1, -0.05) is 17.7 Å². The number of halogens is 2. The van der Waals surface area contributed by atoms with Gasteiger partial charge in [-0.2, -0.15) is 11.8 Å². The second-order valence-corrected chi connectivity index (χ2v) is 8.22. The number of carbonyl (C=O) groups excluding carboxylic acids is 1. The lowest BCUT2D eigenvalue weighted by molar-refractivity contribution is -0.121. The Morgan fingerprint density at radius 3 is 2.72 bits per heavy atom. The van der Waals surface area contributed by atoms with Crippen LogP contribution in [0.1, 0.15) is 18.4 Å². The number of morpholine rings is 1. The molecule has 2 saturated heterocycles. The second kappa shape index (κ2) is 8.71. The van der Waals surface area contributed by atoms with Crippen molar-refractivity contribution in [3.05, 3.63) is 34.6 Å². The van der Waals surface area contributed by atoms with Crippen LogP contribution >= 0.6 is 23.4 Å². The first-order valence-electron chi connectivity index (χ1n) is 8.71. The highest BCUT2D eigenvalue weighted by molar-refractivity contribution is 7.99. The van der Waals surface area contributed by atoms with Crippen LogP contribution in [0.25, 0.3) is 0 Å². The van der Waals surface area contributed by atoms with E-state index in [-0.39, 0.29) is 23.4 Å². The number of nitrogens with one attached hydrogen (secondary N) is 1. The summed E-state index contributed by atoms with van der Waals surface area (Å²) in [6.07, 6.45) is 2.08. The maximum atomic E-state index is 13.9. The Morgan fingerprint density at radius 2 is 2.04 bits per heavy atom. The van der Waals surface area contributed by atoms with Gasteiger partial charge in [-0.15, -0.1) is 0 Å². The average Bonchev–Trinajstić information content (AvgIpc) is 2.65. The van der Waals surface area contributed by atoms with Crippen LogP contribution in [0.15, 0.2) is 18.2 Å². The molecule has 138 valence electrons. The Balaban J connectivity index is 1.63. The molecule has 0 unspecified atom stereocenters. The highest BCUT2D eigenvalue weighted by Gasteiger charge is 2.39. The third-order valence-corrected chi connectivity index (χ3v) is 6.46. The Labute approximate surface area is 157 Å². The van der Waals surface area contributed by atoms with Crippen molar-refractivity contribution in [2.75, 3.05) is 44.4 Å². The number of thioether (sulfide) groups is 1. The van der Waals surface area contributed by atoms with Crippen LogP contribution in [0.3, 0.4) is 0 Å². The Kier molecular flexibility index (Phi) is 6.61. The zero-order valence-corrected chi connectivity index (χ0v) is 15.8. The molecule has 1 N–H and O–H groups in total. The largest absolute Gasteiger partial charge is 0.379 e. The molecule has 2 fully saturated rings. The van der Waals surface area contributed by atoms with Crippen molar-refractivity contribution < 1.29 is 13.9 Å². The molecule has 2 heterocycles. The molecule has 1 aromatic carbocycles. The van der Waals surface area contributed by atoms with Gasteiger partial charge in [-0.25, -0.2) is 4.39 Å². The molecule has 2 aliphatic heterocycles. The van der Waals surface area contributed by atoms with E-state index in [0.29, 0.717) is 11.6 Å². The van der Waals surface area contributed by atoms with Crippen molar-refractivity contribution in [2.24, 2.45) is 0 Å². The molecule has 3 rings (SSSR count). The minimum absolute atomic E-state index is 0.0102. The number of carbonyl (C=O) groups is 1. The van der Waals surface area contributed by atoms with Crippen molar-refractivity contribution in [3.63, 3.8) is 0 Å². The summed E-state index contributed by atoms with van der Waals surface area (Å²) >= 11 is 7.99. The summed E-state index contributed by atoms with van der Waals surface area (Å²) in [5.41, 5.74) is 0.255. The van der Waals surface area contributed by atoms with Crippen LogP contribution in [-0.2, 0) is 16.0 Å². The van der Waals surface area contributed by atoms with Gasteiger partial charge in [-0.3, -0.25) is 9.69 Å². The molecule has 0 bridgehead atoms. The van der Waals surface area contributed by atoms with Crippen molar-refractivity contribution in [1.29, 1.82) is 0 Å². The van der Waals surface area contributed by atoms with Crippen LogP contribution in [0.2, 0.25) is 5.02 Å². The number of nitrogens with zero attached hydrogens (tertiary/aromatic N) is 1. The number of amides is 1. The highest BCUT2D eigenvalue weighted by Crippen LogP contribution is 2.32. The standard InChI is InChI=1S/C18H24ClFN2O2S/c19-15-2-1-3-16(20)14(15)12-17(23)21-13-18(4-10-25-11-5-18)22-6-8-24-9-7-22/h1-3H,4-13H2,(H,21,23). The van der Waals surface area contributed by atoms with Gasteiger partial charge in [0, 0.05) is 35.8 Å². The number of benzene rings is 1. The number of rotatable bonds is 5. The van der Waals surface area contributed by atoms with Crippen molar-refractivity contribution in [2.45, 2.75) is 24.8 Å². The molecule has 0 aliphatic carbocycles. The molecular weight excluding hydrogens is 363 g/mol. The van der Waals surface area contributed by atoms with E-state index >= 15 is 0 Å². The smallest absolute Gasteiger partial charge is 0.224 e. The van der Waals surface area contributed by atoms with E-state index in [1.54, 1.807) is 12.1 Å². The summed E-state index contributed by atoms with van der Waals surface area (Å²) in [4.78, 5) is 14.9. The van der Waals surface area contributed by atoms with Gasteiger partial charge in [0.25, 0.3) is 0 Å². The van der Waals surface area contributed by atoms with E-state index < -0.39 is 5.82 Å². The molecule has 1 aromatic rings. The van der Waals surface area contributed by atoms with E-state index in [0.717, 1.165) is 50.7 Å². The van der Waals surface area contributed by atoms with E-state index in [9.17, 15) is 9.18 Å². The zero-order valence-electron chi connectivity index (χ0n) is 14.2. The number of hydrogen-bond donors (Lipinski definition) is 1. The minimum atomic E-state index is -0.431. The molecular formula is C18H24ClFN2O2S. The lowest BCUT2D eigenvalue weighted by atomic mass is 9.89. The minimum Gasteiger partial charge on any atom is -0.379 e. The predicted molar refractivity (Wildman–Crippen MR) is 99.8 cm³/mol. The normalized spacial score (nSPS) is 21.0. The van der Waals surface area contributed by atoms with Gasteiger partial charge in [-0.05, 0) is 36.5 Å². The average molecular weight is 387 g/mol. The first-order valence-corrected chi connectivity index (χ1v) is 10.2. The van der Waals surface area contributed by atoms with Gasteiger partial charge >= 0.3 is 0 Å². The summed E-state index contributed by atoms with van der Waals surface area (Å²) in [5.74, 6) is 1.59. The summed E-state index contributed by atoms with van der Waals surface area (Å²) in [7, 11) is 0. The maximum Gasteiger partial charge on any atom is 0.224 e. The molecule has 0 spiro atoms. The molecule has 4 nitrogen and oxygen atoms in total. The molecule has 0 radical (unpaired) electrons. The number of hydrogen-bond acceptors (Lipinski definition) is 4. The molecule has 0 atom stereocenters. The highest BCUT2D eigenvalue weighted by atomic mass is 35.5. The Morgan fingerprint density at radius 1 is 1.32 bits per heavy atom. The van der Waals surface area contributed by atoms with Gasteiger partial charge in [0.2, 0.25) is 5.91 Å². The summed E-state index contributed by atoms with van der Waals surface area (Å²) in [6, 6.07) is 4.50. The van der Waals surface area contributed by atoms with Crippen molar-refractivity contribution >= 4 is 29.3 Å². The van der Waals surface area contributed by atoms with Crippen LogP contribution in [0.4, 0.5) is 4.39 Å². The lowest BCUT2D eigenvalue weighted by Crippen LogP contribution is -2.60. The monoisotopic (exact) mass is 386 g/mol. The Bertz CT molecular complexity index is 584. The first kappa shape index (κ1) is 19.0. The fourth-order valence-corrected chi connectivity index (χ4v) is 5.06. The quantitative estimate of drug-likeness (QED) is 0.844. The molecule has 1 amide bonds. The number of ether oxygens (including phenoxy) is 1. The summed E-state index contributed by atoms with van der Waals surface area (Å²) in [6.45, 7) is 3.89. The van der Waals surface area contributed by atoms with E-state index in [1.807, 2.05) is 11.8 Å². The SMILES string of the molecule is O=C(Cc1c(F)cccc1Cl)NCC1(N2CCOCC2)CCSCC1. The van der Waals surface area contributed by atoms with Gasteiger partial charge in [0.05, 0.1) is 19.6 Å². The second-order valence-electron chi connectivity index (χ2n) is 6.59. The molecule has 0 saturated carbocycles. The fourth-order valence-electron chi connectivity index (χ4n) is 3.58. The van der Waals surface area contributed by atoms with Crippen LogP contribution < -0.4 is 5.32 Å². The van der Waals surface area contributed by atoms with E-state index in [4.69, 9.17) is 16.3 Å². The third kappa shape index (κ3) is 4.67. The summed E-state index contributed by atoms with van der Waals surface area (Å²) in [5, 5.41) is 3.34. The topological polar surface area (TPSA) is 41.6 Å². The van der Waals surface area contributed by atoms with Crippen molar-refractivity contribution in [1.82, 2.24) is 10.2 Å². The lowest BCUT2D eigenvalue weighted by Gasteiger charge is -2.48.